The second-order valence-corrected chi connectivity index (χ2v) is 6.31. The Hall–Kier alpha value is -2.87. The minimum absolute atomic E-state index is 0.0199. The van der Waals surface area contributed by atoms with Crippen LogP contribution < -0.4 is 10.2 Å². The van der Waals surface area contributed by atoms with Crippen LogP contribution >= 0.6 is 0 Å². The van der Waals surface area contributed by atoms with Crippen molar-refractivity contribution in [3.63, 3.8) is 0 Å². The molecule has 0 saturated carbocycles. The van der Waals surface area contributed by atoms with E-state index in [1.165, 1.54) is 13.0 Å². The fourth-order valence-corrected chi connectivity index (χ4v) is 3.15. The predicted octanol–water partition coefficient (Wildman–Crippen LogP) is 3.98. The molecule has 0 aliphatic carbocycles. The van der Waals surface area contributed by atoms with Gasteiger partial charge in [0.2, 0.25) is 0 Å². The number of carbonyl (C=O) groups is 1. The van der Waals surface area contributed by atoms with Gasteiger partial charge in [-0.1, -0.05) is 6.07 Å². The molecule has 2 aromatic carbocycles. The molecule has 0 atom stereocenters. The Balaban J connectivity index is 1.67. The van der Waals surface area contributed by atoms with Crippen molar-refractivity contribution in [2.24, 2.45) is 0 Å². The minimum atomic E-state index is -0.225. The highest BCUT2D eigenvalue weighted by Crippen LogP contribution is 2.25. The van der Waals surface area contributed by atoms with Crippen molar-refractivity contribution in [1.29, 1.82) is 5.26 Å². The average Bonchev–Trinajstić information content (AvgIpc) is 2.62. The van der Waals surface area contributed by atoms with Gasteiger partial charge in [0.1, 0.15) is 11.9 Å². The van der Waals surface area contributed by atoms with Crippen LogP contribution in [0.25, 0.3) is 0 Å². The van der Waals surface area contributed by atoms with E-state index in [9.17, 15) is 14.4 Å². The van der Waals surface area contributed by atoms with Crippen molar-refractivity contribution in [3.05, 3.63) is 59.4 Å². The highest BCUT2D eigenvalue weighted by Gasteiger charge is 2.20. The Morgan fingerprint density at radius 2 is 2.00 bits per heavy atom. The Kier molecular flexibility index (Phi) is 4.99. The third-order valence-electron chi connectivity index (χ3n) is 4.57. The molecule has 1 saturated heterocycles. The van der Waals surface area contributed by atoms with Crippen LogP contribution in [0.4, 0.5) is 15.8 Å². The lowest BCUT2D eigenvalue weighted by molar-refractivity contribution is 0.101. The van der Waals surface area contributed by atoms with Crippen molar-refractivity contribution >= 4 is 17.2 Å². The van der Waals surface area contributed by atoms with Gasteiger partial charge in [-0.05, 0) is 56.2 Å². The summed E-state index contributed by atoms with van der Waals surface area (Å²) in [5, 5.41) is 12.7. The summed E-state index contributed by atoms with van der Waals surface area (Å²) < 4.78 is 13.4. The molecule has 0 spiro atoms. The highest BCUT2D eigenvalue weighted by molar-refractivity contribution is 5.95. The first-order valence-corrected chi connectivity index (χ1v) is 8.39. The van der Waals surface area contributed by atoms with E-state index in [4.69, 9.17) is 0 Å². The Morgan fingerprint density at radius 1 is 1.24 bits per heavy atom. The van der Waals surface area contributed by atoms with E-state index in [0.29, 0.717) is 16.8 Å². The molecule has 5 heteroatoms. The molecule has 25 heavy (non-hydrogen) atoms. The van der Waals surface area contributed by atoms with Crippen LogP contribution in [0.15, 0.2) is 42.5 Å². The number of piperidine rings is 1. The summed E-state index contributed by atoms with van der Waals surface area (Å²) in [6, 6.07) is 14.1. The summed E-state index contributed by atoms with van der Waals surface area (Å²) in [6.45, 7) is 3.15. The summed E-state index contributed by atoms with van der Waals surface area (Å²) in [4.78, 5) is 13.7. The number of Topliss-reactive ketones (excluding diaryl/α,β-unsaturated/α-hetero) is 1. The quantitative estimate of drug-likeness (QED) is 0.858. The number of carbonyl (C=O) groups excluding carboxylic acids is 1. The number of nitrogens with zero attached hydrogens (tertiary/aromatic N) is 2. The molecule has 3 rings (SSSR count). The van der Waals surface area contributed by atoms with E-state index in [0.717, 1.165) is 31.6 Å². The summed E-state index contributed by atoms with van der Waals surface area (Å²) in [5.74, 6) is -0.245. The lowest BCUT2D eigenvalue weighted by Gasteiger charge is -2.34. The molecule has 1 aliphatic rings. The monoisotopic (exact) mass is 337 g/mol. The van der Waals surface area contributed by atoms with Crippen LogP contribution in [-0.4, -0.2) is 24.9 Å². The maximum Gasteiger partial charge on any atom is 0.159 e. The van der Waals surface area contributed by atoms with Gasteiger partial charge in [-0.3, -0.25) is 4.79 Å². The van der Waals surface area contributed by atoms with Crippen molar-refractivity contribution in [3.8, 4) is 6.07 Å². The third-order valence-corrected chi connectivity index (χ3v) is 4.57. The normalized spacial score (nSPS) is 14.8. The first-order valence-electron chi connectivity index (χ1n) is 8.39. The number of nitriles is 1. The molecule has 0 radical (unpaired) electrons. The molecule has 128 valence electrons. The Labute approximate surface area is 146 Å². The number of halogens is 1. The zero-order valence-electron chi connectivity index (χ0n) is 14.1. The van der Waals surface area contributed by atoms with Crippen molar-refractivity contribution < 1.29 is 9.18 Å². The van der Waals surface area contributed by atoms with Gasteiger partial charge >= 0.3 is 0 Å². The van der Waals surface area contributed by atoms with Crippen molar-refractivity contribution in [2.45, 2.75) is 25.8 Å². The third kappa shape index (κ3) is 3.97. The summed E-state index contributed by atoms with van der Waals surface area (Å²) in [5.41, 5.74) is 2.74. The van der Waals surface area contributed by atoms with Crippen LogP contribution in [-0.2, 0) is 0 Å². The molecule has 2 aromatic rings. The molecular formula is C20H20FN3O. The van der Waals surface area contributed by atoms with Crippen molar-refractivity contribution in [1.82, 2.24) is 0 Å². The van der Waals surface area contributed by atoms with Crippen LogP contribution in [0.2, 0.25) is 0 Å². The largest absolute Gasteiger partial charge is 0.381 e. The summed E-state index contributed by atoms with van der Waals surface area (Å²) in [7, 11) is 0. The van der Waals surface area contributed by atoms with Crippen LogP contribution in [0, 0.1) is 17.1 Å². The van der Waals surface area contributed by atoms with E-state index in [1.54, 1.807) is 30.3 Å². The molecule has 0 bridgehead atoms. The van der Waals surface area contributed by atoms with Gasteiger partial charge in [-0.25, -0.2) is 4.39 Å². The van der Waals surface area contributed by atoms with E-state index in [2.05, 4.69) is 16.3 Å². The fraction of sp³-hybridized carbons (Fsp3) is 0.300. The summed E-state index contributed by atoms with van der Waals surface area (Å²) in [6.07, 6.45) is 1.76. The van der Waals surface area contributed by atoms with Gasteiger partial charge < -0.3 is 10.2 Å². The Bertz CT molecular complexity index is 820. The number of benzene rings is 2. The molecule has 4 nitrogen and oxygen atoms in total. The van der Waals surface area contributed by atoms with Gasteiger partial charge in [0, 0.05) is 30.4 Å². The number of hydrogen-bond donors (Lipinski definition) is 1. The van der Waals surface area contributed by atoms with Crippen LogP contribution in [0.5, 0.6) is 0 Å². The SMILES string of the molecule is CC(=O)c1ccc(C#N)c(NC2CCN(c3cccc(F)c3)CC2)c1. The van der Waals surface area contributed by atoms with Crippen LogP contribution in [0.3, 0.4) is 0 Å². The number of hydrogen-bond acceptors (Lipinski definition) is 4. The van der Waals surface area contributed by atoms with E-state index < -0.39 is 0 Å². The molecule has 0 aromatic heterocycles. The molecule has 1 aliphatic heterocycles. The lowest BCUT2D eigenvalue weighted by Crippen LogP contribution is -2.39. The zero-order valence-corrected chi connectivity index (χ0v) is 14.1. The topological polar surface area (TPSA) is 56.1 Å². The molecule has 1 fully saturated rings. The lowest BCUT2D eigenvalue weighted by atomic mass is 10.0. The molecule has 1 heterocycles. The smallest absolute Gasteiger partial charge is 0.159 e. The van der Waals surface area contributed by atoms with E-state index in [1.807, 2.05) is 6.07 Å². The molecule has 1 N–H and O–H groups in total. The number of nitrogens with one attached hydrogen (secondary N) is 1. The fourth-order valence-electron chi connectivity index (χ4n) is 3.15. The van der Waals surface area contributed by atoms with Crippen LogP contribution in [0.1, 0.15) is 35.7 Å². The van der Waals surface area contributed by atoms with Gasteiger partial charge in [0.15, 0.2) is 5.78 Å². The van der Waals surface area contributed by atoms with E-state index >= 15 is 0 Å². The first kappa shape index (κ1) is 17.0. The second kappa shape index (κ2) is 7.35. The standard InChI is InChI=1S/C20H20FN3O/c1-14(25)15-5-6-16(13-22)20(11-15)23-18-7-9-24(10-8-18)19-4-2-3-17(21)12-19/h2-6,11-12,18,23H,7-10H2,1H3. The summed E-state index contributed by atoms with van der Waals surface area (Å²) >= 11 is 0. The van der Waals surface area contributed by atoms with E-state index in [-0.39, 0.29) is 17.6 Å². The maximum atomic E-state index is 13.4. The maximum absolute atomic E-state index is 13.4. The molecule has 0 amide bonds. The number of anilines is 2. The Morgan fingerprint density at radius 3 is 2.64 bits per heavy atom. The number of ketones is 1. The van der Waals surface area contributed by atoms with Gasteiger partial charge in [-0.2, -0.15) is 5.26 Å². The number of rotatable bonds is 4. The second-order valence-electron chi connectivity index (χ2n) is 6.31. The highest BCUT2D eigenvalue weighted by atomic mass is 19.1. The van der Waals surface area contributed by atoms with Crippen molar-refractivity contribution in [2.75, 3.05) is 23.3 Å². The molecule has 0 unspecified atom stereocenters. The van der Waals surface area contributed by atoms with Gasteiger partial charge in [0.05, 0.1) is 11.3 Å². The average molecular weight is 337 g/mol. The van der Waals surface area contributed by atoms with Gasteiger partial charge in [-0.15, -0.1) is 0 Å². The predicted molar refractivity (Wildman–Crippen MR) is 96.4 cm³/mol. The zero-order chi connectivity index (χ0) is 17.8. The van der Waals surface area contributed by atoms with Gasteiger partial charge in [0.25, 0.3) is 0 Å². The molecular weight excluding hydrogens is 317 g/mol. The minimum Gasteiger partial charge on any atom is -0.381 e. The first-order chi connectivity index (χ1) is 12.1.